The highest BCUT2D eigenvalue weighted by molar-refractivity contribution is 5.98. The summed E-state index contributed by atoms with van der Waals surface area (Å²) in [5.74, 6) is -0.646. The first kappa shape index (κ1) is 17.1. The highest BCUT2D eigenvalue weighted by Gasteiger charge is 2.41. The summed E-state index contributed by atoms with van der Waals surface area (Å²) >= 11 is 0. The standard InChI is InChI=1S/C17H23NO5/c1-22-14-8-7-12(11-13(14)19)15(20)18-17(16(21)23-2)9-5-3-4-6-10-17/h7-8,11,19H,3-6,9-10H2,1-2H3,(H,18,20). The molecule has 0 aliphatic heterocycles. The number of hydrogen-bond acceptors (Lipinski definition) is 5. The third-order valence-corrected chi connectivity index (χ3v) is 4.33. The quantitative estimate of drug-likeness (QED) is 0.657. The number of methoxy groups -OCH3 is 2. The van der Waals surface area contributed by atoms with Crippen LogP contribution in [0.1, 0.15) is 48.9 Å². The van der Waals surface area contributed by atoms with Crippen LogP contribution in [-0.2, 0) is 9.53 Å². The second-order valence-corrected chi connectivity index (χ2v) is 5.83. The van der Waals surface area contributed by atoms with Gasteiger partial charge >= 0.3 is 5.97 Å². The van der Waals surface area contributed by atoms with Crippen molar-refractivity contribution in [2.75, 3.05) is 14.2 Å². The molecule has 0 aromatic heterocycles. The maximum Gasteiger partial charge on any atom is 0.331 e. The Labute approximate surface area is 135 Å². The summed E-state index contributed by atoms with van der Waals surface area (Å²) in [6, 6.07) is 4.40. The molecule has 1 aliphatic carbocycles. The van der Waals surface area contributed by atoms with Gasteiger partial charge in [-0.2, -0.15) is 0 Å². The van der Waals surface area contributed by atoms with Gasteiger partial charge in [0.25, 0.3) is 5.91 Å². The first-order valence-electron chi connectivity index (χ1n) is 7.80. The van der Waals surface area contributed by atoms with Gasteiger partial charge in [-0.25, -0.2) is 4.79 Å². The summed E-state index contributed by atoms with van der Waals surface area (Å²) in [6.07, 6.45) is 4.93. The smallest absolute Gasteiger partial charge is 0.331 e. The van der Waals surface area contributed by atoms with E-state index in [1.54, 1.807) is 6.07 Å². The average Bonchev–Trinajstić information content (AvgIpc) is 2.80. The molecule has 0 saturated heterocycles. The van der Waals surface area contributed by atoms with Crippen molar-refractivity contribution in [1.29, 1.82) is 0 Å². The number of carbonyl (C=O) groups excluding carboxylic acids is 2. The molecule has 1 aliphatic rings. The fourth-order valence-electron chi connectivity index (χ4n) is 3.03. The number of benzene rings is 1. The summed E-state index contributed by atoms with van der Waals surface area (Å²) < 4.78 is 9.89. The van der Waals surface area contributed by atoms with Gasteiger partial charge in [-0.3, -0.25) is 4.79 Å². The van der Waals surface area contributed by atoms with Crippen LogP contribution in [0, 0.1) is 0 Å². The van der Waals surface area contributed by atoms with E-state index in [4.69, 9.17) is 9.47 Å². The lowest BCUT2D eigenvalue weighted by Crippen LogP contribution is -2.54. The first-order valence-corrected chi connectivity index (χ1v) is 7.80. The van der Waals surface area contributed by atoms with Crippen molar-refractivity contribution in [2.45, 2.75) is 44.1 Å². The maximum absolute atomic E-state index is 12.5. The monoisotopic (exact) mass is 321 g/mol. The van der Waals surface area contributed by atoms with Crippen molar-refractivity contribution in [3.05, 3.63) is 23.8 Å². The molecule has 0 atom stereocenters. The van der Waals surface area contributed by atoms with E-state index in [1.165, 1.54) is 26.4 Å². The van der Waals surface area contributed by atoms with E-state index in [2.05, 4.69) is 5.32 Å². The predicted octanol–water partition coefficient (Wildman–Crippen LogP) is 2.40. The van der Waals surface area contributed by atoms with Crippen molar-refractivity contribution >= 4 is 11.9 Å². The molecule has 0 unspecified atom stereocenters. The third kappa shape index (κ3) is 3.75. The van der Waals surface area contributed by atoms with E-state index in [-0.39, 0.29) is 11.3 Å². The van der Waals surface area contributed by atoms with Gasteiger partial charge in [0.2, 0.25) is 0 Å². The van der Waals surface area contributed by atoms with E-state index in [9.17, 15) is 14.7 Å². The zero-order valence-electron chi connectivity index (χ0n) is 13.6. The molecule has 1 amide bonds. The molecule has 6 nitrogen and oxygen atoms in total. The van der Waals surface area contributed by atoms with Gasteiger partial charge in [0.1, 0.15) is 5.54 Å². The molecule has 6 heteroatoms. The SMILES string of the molecule is COC(=O)C1(NC(=O)c2ccc(OC)c(O)c2)CCCCCC1. The maximum atomic E-state index is 12.5. The first-order chi connectivity index (χ1) is 11.0. The molecule has 1 aromatic rings. The van der Waals surface area contributed by atoms with E-state index in [1.807, 2.05) is 0 Å². The van der Waals surface area contributed by atoms with Crippen LogP contribution in [0.25, 0.3) is 0 Å². The van der Waals surface area contributed by atoms with Crippen molar-refractivity contribution in [3.8, 4) is 11.5 Å². The van der Waals surface area contributed by atoms with Gasteiger partial charge in [0.05, 0.1) is 14.2 Å². The number of esters is 1. The molecule has 23 heavy (non-hydrogen) atoms. The summed E-state index contributed by atoms with van der Waals surface area (Å²) in [5.41, 5.74) is -0.714. The van der Waals surface area contributed by atoms with Crippen LogP contribution >= 0.6 is 0 Å². The Morgan fingerprint density at radius 1 is 1.13 bits per heavy atom. The zero-order valence-corrected chi connectivity index (χ0v) is 13.6. The van der Waals surface area contributed by atoms with E-state index in [0.29, 0.717) is 18.6 Å². The Morgan fingerprint density at radius 3 is 2.30 bits per heavy atom. The van der Waals surface area contributed by atoms with Gasteiger partial charge in [-0.1, -0.05) is 25.7 Å². The summed E-state index contributed by atoms with van der Waals surface area (Å²) in [7, 11) is 2.77. The number of phenols is 1. The van der Waals surface area contributed by atoms with Gasteiger partial charge in [0, 0.05) is 5.56 Å². The minimum Gasteiger partial charge on any atom is -0.504 e. The molecule has 0 bridgehead atoms. The Morgan fingerprint density at radius 2 is 1.78 bits per heavy atom. The van der Waals surface area contributed by atoms with Crippen LogP contribution in [0.15, 0.2) is 18.2 Å². The molecule has 0 radical (unpaired) electrons. The van der Waals surface area contributed by atoms with Gasteiger partial charge in [0.15, 0.2) is 11.5 Å². The van der Waals surface area contributed by atoms with Crippen molar-refractivity contribution in [1.82, 2.24) is 5.32 Å². The molecule has 126 valence electrons. The zero-order chi connectivity index (χ0) is 16.9. The fraction of sp³-hybridized carbons (Fsp3) is 0.529. The van der Waals surface area contributed by atoms with Crippen molar-refractivity contribution < 1.29 is 24.2 Å². The van der Waals surface area contributed by atoms with Crippen molar-refractivity contribution in [2.24, 2.45) is 0 Å². The molecule has 2 N–H and O–H groups in total. The minimum absolute atomic E-state index is 0.117. The number of aromatic hydroxyl groups is 1. The lowest BCUT2D eigenvalue weighted by molar-refractivity contribution is -0.148. The van der Waals surface area contributed by atoms with E-state index in [0.717, 1.165) is 25.7 Å². The Kier molecular flexibility index (Phi) is 5.47. The number of ether oxygens (including phenoxy) is 2. The van der Waals surface area contributed by atoms with Gasteiger partial charge in [-0.15, -0.1) is 0 Å². The number of nitrogens with one attached hydrogen (secondary N) is 1. The summed E-state index contributed by atoms with van der Waals surface area (Å²) in [6.45, 7) is 0. The number of rotatable bonds is 4. The molecule has 0 spiro atoms. The molecule has 1 saturated carbocycles. The average molecular weight is 321 g/mol. The van der Waals surface area contributed by atoms with Crippen LogP contribution in [0.4, 0.5) is 0 Å². The summed E-state index contributed by atoms with van der Waals surface area (Å²) in [4.78, 5) is 24.8. The van der Waals surface area contributed by atoms with Crippen LogP contribution in [-0.4, -0.2) is 36.7 Å². The largest absolute Gasteiger partial charge is 0.504 e. The number of phenolic OH excluding ortho intramolecular Hbond substituents is 1. The third-order valence-electron chi connectivity index (χ3n) is 4.33. The van der Waals surface area contributed by atoms with Crippen LogP contribution in [0.2, 0.25) is 0 Å². The highest BCUT2D eigenvalue weighted by Crippen LogP contribution is 2.30. The molecule has 1 aromatic carbocycles. The second-order valence-electron chi connectivity index (χ2n) is 5.83. The lowest BCUT2D eigenvalue weighted by atomic mass is 9.89. The van der Waals surface area contributed by atoms with Gasteiger partial charge in [-0.05, 0) is 31.0 Å². The fourth-order valence-corrected chi connectivity index (χ4v) is 3.03. The molecule has 2 rings (SSSR count). The van der Waals surface area contributed by atoms with Crippen LogP contribution in [0.5, 0.6) is 11.5 Å². The Bertz CT molecular complexity index is 576. The minimum atomic E-state index is -0.988. The van der Waals surface area contributed by atoms with Gasteiger partial charge < -0.3 is 19.9 Å². The molecule has 1 fully saturated rings. The Hall–Kier alpha value is -2.24. The number of hydrogen-bond donors (Lipinski definition) is 2. The normalized spacial score (nSPS) is 17.0. The van der Waals surface area contributed by atoms with E-state index < -0.39 is 17.4 Å². The Balaban J connectivity index is 2.23. The molecular formula is C17H23NO5. The number of carbonyl (C=O) groups is 2. The predicted molar refractivity (Wildman–Crippen MR) is 84.6 cm³/mol. The molecule has 0 heterocycles. The molecular weight excluding hydrogens is 298 g/mol. The van der Waals surface area contributed by atoms with Crippen molar-refractivity contribution in [3.63, 3.8) is 0 Å². The topological polar surface area (TPSA) is 84.9 Å². The highest BCUT2D eigenvalue weighted by atomic mass is 16.5. The number of amides is 1. The van der Waals surface area contributed by atoms with Crippen LogP contribution in [0.3, 0.4) is 0 Å². The second kappa shape index (κ2) is 7.35. The lowest BCUT2D eigenvalue weighted by Gasteiger charge is -2.31. The summed E-state index contributed by atoms with van der Waals surface area (Å²) in [5, 5.41) is 12.7. The van der Waals surface area contributed by atoms with E-state index >= 15 is 0 Å². The van der Waals surface area contributed by atoms with Crippen LogP contribution < -0.4 is 10.1 Å².